The Kier molecular flexibility index (Phi) is 23.6. The standard InChI is InChI=1S/C27H54O4/c1-3-5-6-7-8-9-10-11-12-13-14-15-16-17-18-19-20-21-22-25(23-26(29)24-28)27(30)31-4-2/h25-26,28-29H,3-24H2,1-2H3. The molecule has 0 amide bonds. The van der Waals surface area contributed by atoms with E-state index in [0.29, 0.717) is 13.0 Å². The molecule has 0 fully saturated rings. The Hall–Kier alpha value is -0.610. The second-order valence-electron chi connectivity index (χ2n) is 9.32. The number of hydrogen-bond acceptors (Lipinski definition) is 4. The Morgan fingerprint density at radius 3 is 1.42 bits per heavy atom. The lowest BCUT2D eigenvalue weighted by Gasteiger charge is -2.17. The lowest BCUT2D eigenvalue weighted by molar-refractivity contribution is -0.149. The van der Waals surface area contributed by atoms with Gasteiger partial charge < -0.3 is 14.9 Å². The van der Waals surface area contributed by atoms with Crippen LogP contribution in [-0.2, 0) is 9.53 Å². The number of carbonyl (C=O) groups excluding carboxylic acids is 1. The molecule has 2 unspecified atom stereocenters. The molecule has 4 heteroatoms. The minimum absolute atomic E-state index is 0.234. The molecule has 0 heterocycles. The third-order valence-corrected chi connectivity index (χ3v) is 6.29. The maximum absolute atomic E-state index is 12.0. The number of aliphatic hydroxyl groups excluding tert-OH is 2. The third kappa shape index (κ3) is 21.0. The number of unbranched alkanes of at least 4 members (excludes halogenated alkanes) is 17. The van der Waals surface area contributed by atoms with Crippen LogP contribution < -0.4 is 0 Å². The molecular formula is C27H54O4. The van der Waals surface area contributed by atoms with Gasteiger partial charge in [0.25, 0.3) is 0 Å². The van der Waals surface area contributed by atoms with E-state index in [2.05, 4.69) is 6.92 Å². The molecule has 0 aromatic heterocycles. The van der Waals surface area contributed by atoms with Gasteiger partial charge in [-0.05, 0) is 19.8 Å². The first-order valence-electron chi connectivity index (χ1n) is 13.6. The fourth-order valence-corrected chi connectivity index (χ4v) is 4.29. The third-order valence-electron chi connectivity index (χ3n) is 6.29. The lowest BCUT2D eigenvalue weighted by Crippen LogP contribution is -2.25. The maximum Gasteiger partial charge on any atom is 0.309 e. The number of carbonyl (C=O) groups is 1. The van der Waals surface area contributed by atoms with E-state index in [1.165, 1.54) is 103 Å². The van der Waals surface area contributed by atoms with Crippen molar-refractivity contribution < 1.29 is 19.7 Å². The summed E-state index contributed by atoms with van der Waals surface area (Å²) < 4.78 is 5.11. The summed E-state index contributed by atoms with van der Waals surface area (Å²) >= 11 is 0. The Morgan fingerprint density at radius 1 is 0.677 bits per heavy atom. The molecule has 0 aliphatic heterocycles. The molecule has 0 bridgehead atoms. The topological polar surface area (TPSA) is 66.8 Å². The van der Waals surface area contributed by atoms with Gasteiger partial charge in [0.1, 0.15) is 0 Å². The van der Waals surface area contributed by atoms with Crippen LogP contribution in [-0.4, -0.2) is 35.5 Å². The van der Waals surface area contributed by atoms with Crippen LogP contribution in [0.2, 0.25) is 0 Å². The molecule has 2 N–H and O–H groups in total. The lowest BCUT2D eigenvalue weighted by atomic mass is 9.94. The van der Waals surface area contributed by atoms with Crippen molar-refractivity contribution in [2.45, 2.75) is 148 Å². The summed E-state index contributed by atoms with van der Waals surface area (Å²) in [5, 5.41) is 18.7. The Labute approximate surface area is 193 Å². The van der Waals surface area contributed by atoms with E-state index in [0.717, 1.165) is 19.3 Å². The Balaban J connectivity index is 3.43. The summed E-state index contributed by atoms with van der Waals surface area (Å²) in [6, 6.07) is 0. The summed E-state index contributed by atoms with van der Waals surface area (Å²) in [5.74, 6) is -0.523. The highest BCUT2D eigenvalue weighted by Gasteiger charge is 2.22. The smallest absolute Gasteiger partial charge is 0.309 e. The molecular weight excluding hydrogens is 388 g/mol. The maximum atomic E-state index is 12.0. The first-order valence-corrected chi connectivity index (χ1v) is 13.6. The normalized spacial score (nSPS) is 13.3. The fourth-order valence-electron chi connectivity index (χ4n) is 4.29. The average molecular weight is 443 g/mol. The van der Waals surface area contributed by atoms with Crippen LogP contribution in [0.3, 0.4) is 0 Å². The zero-order chi connectivity index (χ0) is 23.0. The van der Waals surface area contributed by atoms with E-state index >= 15 is 0 Å². The van der Waals surface area contributed by atoms with Gasteiger partial charge in [-0.25, -0.2) is 0 Å². The van der Waals surface area contributed by atoms with Crippen LogP contribution in [0, 0.1) is 5.92 Å². The van der Waals surface area contributed by atoms with E-state index in [-0.39, 0.29) is 18.5 Å². The van der Waals surface area contributed by atoms with Gasteiger partial charge in [-0.3, -0.25) is 4.79 Å². The highest BCUT2D eigenvalue weighted by Crippen LogP contribution is 2.19. The van der Waals surface area contributed by atoms with Crippen molar-refractivity contribution >= 4 is 5.97 Å². The predicted octanol–water partition coefficient (Wildman–Crippen LogP) is 7.34. The molecule has 2 atom stereocenters. The number of rotatable bonds is 24. The van der Waals surface area contributed by atoms with Crippen molar-refractivity contribution in [1.82, 2.24) is 0 Å². The molecule has 186 valence electrons. The van der Waals surface area contributed by atoms with Gasteiger partial charge in [0.15, 0.2) is 0 Å². The predicted molar refractivity (Wildman–Crippen MR) is 131 cm³/mol. The van der Waals surface area contributed by atoms with Crippen LogP contribution in [0.4, 0.5) is 0 Å². The zero-order valence-electron chi connectivity index (χ0n) is 20.9. The number of aliphatic hydroxyl groups is 2. The fraction of sp³-hybridized carbons (Fsp3) is 0.963. The molecule has 0 spiro atoms. The molecule has 0 saturated carbocycles. The molecule has 4 nitrogen and oxygen atoms in total. The van der Waals surface area contributed by atoms with Gasteiger partial charge in [0, 0.05) is 0 Å². The van der Waals surface area contributed by atoms with Crippen molar-refractivity contribution in [2.24, 2.45) is 5.92 Å². The quantitative estimate of drug-likeness (QED) is 0.121. The van der Waals surface area contributed by atoms with E-state index in [9.17, 15) is 9.90 Å². The van der Waals surface area contributed by atoms with E-state index in [1.54, 1.807) is 6.92 Å². The zero-order valence-corrected chi connectivity index (χ0v) is 20.9. The molecule has 0 rings (SSSR count). The minimum atomic E-state index is -0.829. The summed E-state index contributed by atoms with van der Waals surface area (Å²) in [7, 11) is 0. The van der Waals surface area contributed by atoms with Gasteiger partial charge in [0.05, 0.1) is 25.2 Å². The SMILES string of the molecule is CCCCCCCCCCCCCCCCCCCCC(CC(O)CO)C(=O)OCC. The van der Waals surface area contributed by atoms with Crippen molar-refractivity contribution in [3.63, 3.8) is 0 Å². The second kappa shape index (κ2) is 24.0. The summed E-state index contributed by atoms with van der Waals surface area (Å²) in [6.07, 6.45) is 24.5. The second-order valence-corrected chi connectivity index (χ2v) is 9.32. The van der Waals surface area contributed by atoms with E-state index < -0.39 is 6.10 Å². The largest absolute Gasteiger partial charge is 0.466 e. The van der Waals surface area contributed by atoms with Crippen LogP contribution >= 0.6 is 0 Å². The number of hydrogen-bond donors (Lipinski definition) is 2. The van der Waals surface area contributed by atoms with Gasteiger partial charge in [-0.2, -0.15) is 0 Å². The minimum Gasteiger partial charge on any atom is -0.466 e. The van der Waals surface area contributed by atoms with Crippen LogP contribution in [0.15, 0.2) is 0 Å². The van der Waals surface area contributed by atoms with Gasteiger partial charge in [0.2, 0.25) is 0 Å². The average Bonchev–Trinajstić information content (AvgIpc) is 2.77. The summed E-state index contributed by atoms with van der Waals surface area (Å²) in [6.45, 7) is 4.15. The van der Waals surface area contributed by atoms with Crippen molar-refractivity contribution in [2.75, 3.05) is 13.2 Å². The van der Waals surface area contributed by atoms with Crippen LogP contribution in [0.1, 0.15) is 142 Å². The van der Waals surface area contributed by atoms with Gasteiger partial charge in [-0.15, -0.1) is 0 Å². The summed E-state index contributed by atoms with van der Waals surface area (Å²) in [5.41, 5.74) is 0. The molecule has 0 aliphatic carbocycles. The highest BCUT2D eigenvalue weighted by molar-refractivity contribution is 5.72. The summed E-state index contributed by atoms with van der Waals surface area (Å²) in [4.78, 5) is 12.0. The Morgan fingerprint density at radius 2 is 1.06 bits per heavy atom. The van der Waals surface area contributed by atoms with Gasteiger partial charge in [-0.1, -0.05) is 122 Å². The number of esters is 1. The van der Waals surface area contributed by atoms with Crippen molar-refractivity contribution in [3.05, 3.63) is 0 Å². The highest BCUT2D eigenvalue weighted by atomic mass is 16.5. The molecule has 0 saturated heterocycles. The van der Waals surface area contributed by atoms with Crippen molar-refractivity contribution in [3.8, 4) is 0 Å². The molecule has 0 aliphatic rings. The number of ether oxygens (including phenoxy) is 1. The molecule has 0 radical (unpaired) electrons. The Bertz CT molecular complexity index is 372. The van der Waals surface area contributed by atoms with E-state index in [1.807, 2.05) is 0 Å². The first kappa shape index (κ1) is 30.4. The molecule has 0 aromatic rings. The van der Waals surface area contributed by atoms with Crippen LogP contribution in [0.5, 0.6) is 0 Å². The monoisotopic (exact) mass is 442 g/mol. The van der Waals surface area contributed by atoms with Gasteiger partial charge >= 0.3 is 5.97 Å². The van der Waals surface area contributed by atoms with Crippen molar-refractivity contribution in [1.29, 1.82) is 0 Å². The van der Waals surface area contributed by atoms with Crippen LogP contribution in [0.25, 0.3) is 0 Å². The first-order chi connectivity index (χ1) is 15.2. The molecule has 0 aromatic carbocycles. The van der Waals surface area contributed by atoms with E-state index in [4.69, 9.17) is 9.84 Å². The molecule has 31 heavy (non-hydrogen) atoms.